The minimum atomic E-state index is -0.229. The van der Waals surface area contributed by atoms with E-state index in [0.29, 0.717) is 30.3 Å². The van der Waals surface area contributed by atoms with Gasteiger partial charge in [-0.15, -0.1) is 0 Å². The molecule has 7 nitrogen and oxygen atoms in total. The highest BCUT2D eigenvalue weighted by atomic mass is 79.9. The molecule has 0 amide bonds. The van der Waals surface area contributed by atoms with Crippen LogP contribution in [0.1, 0.15) is 35.4 Å². The molecule has 1 aliphatic heterocycles. The van der Waals surface area contributed by atoms with E-state index in [0.717, 1.165) is 38.9 Å². The van der Waals surface area contributed by atoms with Gasteiger partial charge in [-0.25, -0.2) is 9.50 Å². The van der Waals surface area contributed by atoms with E-state index in [9.17, 15) is 0 Å². The molecule has 4 heterocycles. The summed E-state index contributed by atoms with van der Waals surface area (Å²) in [6.45, 7) is 2.50. The maximum absolute atomic E-state index is 6.26. The maximum atomic E-state index is 6.26. The molecule has 1 aliphatic rings. The summed E-state index contributed by atoms with van der Waals surface area (Å²) < 4.78 is 20.6. The largest absolute Gasteiger partial charge is 0.493 e. The highest BCUT2D eigenvalue weighted by Gasteiger charge is 2.27. The summed E-state index contributed by atoms with van der Waals surface area (Å²) in [5.41, 5.74) is 4.91. The normalized spacial score (nSPS) is 15.3. The van der Waals surface area contributed by atoms with Crippen LogP contribution >= 0.6 is 15.9 Å². The second-order valence-corrected chi connectivity index (χ2v) is 8.28. The lowest BCUT2D eigenvalue weighted by molar-refractivity contribution is 0.0867. The van der Waals surface area contributed by atoms with Crippen molar-refractivity contribution in [2.24, 2.45) is 0 Å². The predicted octanol–water partition coefficient (Wildman–Crippen LogP) is 4.56. The minimum absolute atomic E-state index is 0.229. The van der Waals surface area contributed by atoms with Gasteiger partial charge < -0.3 is 14.2 Å². The van der Waals surface area contributed by atoms with Crippen LogP contribution in [0.4, 0.5) is 0 Å². The van der Waals surface area contributed by atoms with E-state index in [1.807, 2.05) is 42.9 Å². The second kappa shape index (κ2) is 8.19. The highest BCUT2D eigenvalue weighted by molar-refractivity contribution is 9.10. The topological polar surface area (TPSA) is 70.8 Å². The standard InChI is InChI=1S/C23H21BrN4O3/c1-3-18-5-4-15(9-25-18)21-13-30-20-8-14(7-19(29-2)22(20)31-21)6-16-10-27-28-12-17(24)11-26-23(16)28/h4-5,7-12,21H,3,6,13H2,1-2H3. The summed E-state index contributed by atoms with van der Waals surface area (Å²) in [7, 11) is 1.64. The molecule has 0 N–H and O–H groups in total. The van der Waals surface area contributed by atoms with Gasteiger partial charge in [-0.3, -0.25) is 4.98 Å². The summed E-state index contributed by atoms with van der Waals surface area (Å²) in [6, 6.07) is 8.04. The highest BCUT2D eigenvalue weighted by Crippen LogP contribution is 2.44. The van der Waals surface area contributed by atoms with Crippen LogP contribution in [0.5, 0.6) is 17.2 Å². The average molecular weight is 481 g/mol. The molecule has 0 saturated heterocycles. The van der Waals surface area contributed by atoms with Crippen LogP contribution in [-0.4, -0.2) is 33.3 Å². The number of rotatable bonds is 5. The van der Waals surface area contributed by atoms with E-state index in [2.05, 4.69) is 37.9 Å². The average Bonchev–Trinajstić information content (AvgIpc) is 3.19. The molecule has 0 bridgehead atoms. The molecule has 1 aromatic carbocycles. The molecule has 5 rings (SSSR count). The molecule has 0 aliphatic carbocycles. The van der Waals surface area contributed by atoms with Crippen molar-refractivity contribution >= 4 is 21.6 Å². The van der Waals surface area contributed by atoms with Gasteiger partial charge in [0, 0.05) is 41.8 Å². The predicted molar refractivity (Wildman–Crippen MR) is 119 cm³/mol. The van der Waals surface area contributed by atoms with Gasteiger partial charge in [0.15, 0.2) is 23.3 Å². The van der Waals surface area contributed by atoms with Crippen molar-refractivity contribution in [2.45, 2.75) is 25.9 Å². The first-order chi connectivity index (χ1) is 15.1. The Morgan fingerprint density at radius 3 is 2.87 bits per heavy atom. The second-order valence-electron chi connectivity index (χ2n) is 7.37. The van der Waals surface area contributed by atoms with Crippen molar-refractivity contribution in [3.8, 4) is 17.2 Å². The SMILES string of the molecule is CCc1ccc(C2COc3cc(Cc4cnn5cc(Br)cnc45)cc(OC)c3O2)cn1. The maximum Gasteiger partial charge on any atom is 0.204 e. The fourth-order valence-corrected chi connectivity index (χ4v) is 3.99. The molecule has 0 radical (unpaired) electrons. The zero-order valence-corrected chi connectivity index (χ0v) is 18.8. The summed E-state index contributed by atoms with van der Waals surface area (Å²) >= 11 is 3.42. The number of benzene rings is 1. The van der Waals surface area contributed by atoms with Crippen LogP contribution in [0.25, 0.3) is 5.65 Å². The number of methoxy groups -OCH3 is 1. The summed E-state index contributed by atoms with van der Waals surface area (Å²) in [4.78, 5) is 8.96. The Bertz CT molecular complexity index is 1220. The summed E-state index contributed by atoms with van der Waals surface area (Å²) in [6.07, 6.45) is 8.67. The molecule has 4 aromatic rings. The number of halogens is 1. The first kappa shape index (κ1) is 19.8. The third kappa shape index (κ3) is 3.83. The third-order valence-corrected chi connectivity index (χ3v) is 5.73. The van der Waals surface area contributed by atoms with E-state index >= 15 is 0 Å². The van der Waals surface area contributed by atoms with Crippen LogP contribution in [0.3, 0.4) is 0 Å². The van der Waals surface area contributed by atoms with Gasteiger partial charge in [0.1, 0.15) is 6.61 Å². The lowest BCUT2D eigenvalue weighted by atomic mass is 10.0. The van der Waals surface area contributed by atoms with Crippen molar-refractivity contribution in [3.63, 3.8) is 0 Å². The van der Waals surface area contributed by atoms with E-state index in [1.54, 1.807) is 17.8 Å². The number of hydrogen-bond acceptors (Lipinski definition) is 6. The lowest BCUT2D eigenvalue weighted by Crippen LogP contribution is -2.22. The van der Waals surface area contributed by atoms with Crippen LogP contribution in [-0.2, 0) is 12.8 Å². The van der Waals surface area contributed by atoms with Gasteiger partial charge in [0.25, 0.3) is 0 Å². The first-order valence-electron chi connectivity index (χ1n) is 10.1. The molecular formula is C23H21BrN4O3. The zero-order valence-electron chi connectivity index (χ0n) is 17.2. The molecule has 8 heteroatoms. The van der Waals surface area contributed by atoms with Gasteiger partial charge >= 0.3 is 0 Å². The first-order valence-corrected chi connectivity index (χ1v) is 10.9. The number of hydrogen-bond donors (Lipinski definition) is 0. The van der Waals surface area contributed by atoms with Crippen LogP contribution in [0, 0.1) is 0 Å². The smallest absolute Gasteiger partial charge is 0.204 e. The molecule has 1 atom stereocenters. The van der Waals surface area contributed by atoms with Crippen LogP contribution in [0.15, 0.2) is 53.5 Å². The minimum Gasteiger partial charge on any atom is -0.493 e. The lowest BCUT2D eigenvalue weighted by Gasteiger charge is -2.28. The fourth-order valence-electron chi connectivity index (χ4n) is 3.70. The monoisotopic (exact) mass is 480 g/mol. The molecule has 0 saturated carbocycles. The van der Waals surface area contributed by atoms with Crippen LogP contribution in [0.2, 0.25) is 0 Å². The van der Waals surface area contributed by atoms with Crippen molar-refractivity contribution in [3.05, 3.63) is 75.9 Å². The van der Waals surface area contributed by atoms with Gasteiger partial charge in [0.05, 0.1) is 17.8 Å². The molecular weight excluding hydrogens is 460 g/mol. The quantitative estimate of drug-likeness (QED) is 0.416. The number of aromatic nitrogens is 4. The molecule has 0 fully saturated rings. The Balaban J connectivity index is 1.42. The van der Waals surface area contributed by atoms with Gasteiger partial charge in [-0.1, -0.05) is 13.0 Å². The van der Waals surface area contributed by atoms with Crippen LogP contribution < -0.4 is 14.2 Å². The number of aryl methyl sites for hydroxylation is 1. The van der Waals surface area contributed by atoms with Gasteiger partial charge in [-0.05, 0) is 46.1 Å². The van der Waals surface area contributed by atoms with Crippen molar-refractivity contribution in [1.29, 1.82) is 0 Å². The number of fused-ring (bicyclic) bond motifs is 2. The third-order valence-electron chi connectivity index (χ3n) is 5.32. The Labute approximate surface area is 188 Å². The zero-order chi connectivity index (χ0) is 21.4. The van der Waals surface area contributed by atoms with Crippen molar-refractivity contribution in [1.82, 2.24) is 19.6 Å². The van der Waals surface area contributed by atoms with Gasteiger partial charge in [0.2, 0.25) is 5.75 Å². The number of nitrogens with zero attached hydrogens (tertiary/aromatic N) is 4. The van der Waals surface area contributed by atoms with Crippen molar-refractivity contribution < 1.29 is 14.2 Å². The fraction of sp³-hybridized carbons (Fsp3) is 0.261. The number of ether oxygens (including phenoxy) is 3. The van der Waals surface area contributed by atoms with E-state index in [4.69, 9.17) is 14.2 Å². The Morgan fingerprint density at radius 1 is 1.19 bits per heavy atom. The molecule has 31 heavy (non-hydrogen) atoms. The van der Waals surface area contributed by atoms with E-state index < -0.39 is 0 Å². The molecule has 158 valence electrons. The Hall–Kier alpha value is -3.13. The van der Waals surface area contributed by atoms with E-state index in [-0.39, 0.29) is 6.10 Å². The summed E-state index contributed by atoms with van der Waals surface area (Å²) in [5.74, 6) is 1.93. The summed E-state index contributed by atoms with van der Waals surface area (Å²) in [5, 5.41) is 4.39. The molecule has 0 spiro atoms. The van der Waals surface area contributed by atoms with E-state index in [1.165, 1.54) is 0 Å². The Kier molecular flexibility index (Phi) is 5.23. The van der Waals surface area contributed by atoms with Gasteiger partial charge in [-0.2, -0.15) is 5.10 Å². The number of pyridine rings is 1. The molecule has 1 unspecified atom stereocenters. The Morgan fingerprint density at radius 2 is 2.10 bits per heavy atom. The molecule has 3 aromatic heterocycles. The van der Waals surface area contributed by atoms with Crippen molar-refractivity contribution in [2.75, 3.05) is 13.7 Å².